The van der Waals surface area contributed by atoms with Gasteiger partial charge in [0.15, 0.2) is 0 Å². The highest BCUT2D eigenvalue weighted by Gasteiger charge is 2.17. The molecule has 2 nitrogen and oxygen atoms in total. The van der Waals surface area contributed by atoms with Crippen LogP contribution in [-0.4, -0.2) is 13.1 Å². The fraction of sp³-hybridized carbons (Fsp3) is 0.909. The summed E-state index contributed by atoms with van der Waals surface area (Å²) < 4.78 is 0. The van der Waals surface area contributed by atoms with E-state index in [2.05, 4.69) is 11.4 Å². The number of nitrogens with one attached hydrogen (secondary N) is 1. The topological polar surface area (TPSA) is 35.8 Å². The fourth-order valence-electron chi connectivity index (χ4n) is 2.24. The van der Waals surface area contributed by atoms with Gasteiger partial charge in [-0.15, -0.1) is 0 Å². The molecule has 1 fully saturated rings. The monoisotopic (exact) mass is 180 g/mol. The van der Waals surface area contributed by atoms with Crippen LogP contribution >= 0.6 is 0 Å². The van der Waals surface area contributed by atoms with E-state index in [9.17, 15) is 0 Å². The van der Waals surface area contributed by atoms with E-state index in [4.69, 9.17) is 5.26 Å². The lowest BCUT2D eigenvalue weighted by Gasteiger charge is -2.25. The zero-order valence-corrected chi connectivity index (χ0v) is 8.55. The summed E-state index contributed by atoms with van der Waals surface area (Å²) in [5, 5.41) is 11.8. The summed E-state index contributed by atoms with van der Waals surface area (Å²) in [7, 11) is 1.96. The van der Waals surface area contributed by atoms with E-state index >= 15 is 0 Å². The highest BCUT2D eigenvalue weighted by atomic mass is 14.9. The first-order valence-electron chi connectivity index (χ1n) is 5.41. The Labute approximate surface area is 81.3 Å². The molecule has 1 aliphatic rings. The van der Waals surface area contributed by atoms with Crippen molar-refractivity contribution in [1.82, 2.24) is 5.32 Å². The fourth-order valence-corrected chi connectivity index (χ4v) is 2.24. The predicted molar refractivity (Wildman–Crippen MR) is 54.3 cm³/mol. The molecule has 1 atom stereocenters. The van der Waals surface area contributed by atoms with Crippen molar-refractivity contribution < 1.29 is 0 Å². The van der Waals surface area contributed by atoms with E-state index in [0.29, 0.717) is 12.5 Å². The van der Waals surface area contributed by atoms with Gasteiger partial charge in [-0.25, -0.2) is 0 Å². The van der Waals surface area contributed by atoms with Gasteiger partial charge in [0, 0.05) is 6.04 Å². The van der Waals surface area contributed by atoms with Gasteiger partial charge in [0.05, 0.1) is 12.5 Å². The first kappa shape index (κ1) is 10.5. The normalized spacial score (nSPS) is 20.9. The highest BCUT2D eigenvalue weighted by molar-refractivity contribution is 4.82. The van der Waals surface area contributed by atoms with E-state index < -0.39 is 0 Å². The average Bonchev–Trinajstić information content (AvgIpc) is 2.19. The van der Waals surface area contributed by atoms with E-state index in [-0.39, 0.29) is 0 Å². The van der Waals surface area contributed by atoms with Crippen LogP contribution in [0.1, 0.15) is 44.9 Å². The Balaban J connectivity index is 2.23. The minimum atomic E-state index is 0.424. The molecular weight excluding hydrogens is 160 g/mol. The van der Waals surface area contributed by atoms with Crippen LogP contribution < -0.4 is 5.32 Å². The van der Waals surface area contributed by atoms with E-state index in [1.807, 2.05) is 7.05 Å². The van der Waals surface area contributed by atoms with Gasteiger partial charge >= 0.3 is 0 Å². The van der Waals surface area contributed by atoms with Gasteiger partial charge in [-0.1, -0.05) is 32.1 Å². The summed E-state index contributed by atoms with van der Waals surface area (Å²) in [6.45, 7) is 0. The predicted octanol–water partition coefficient (Wildman–Crippen LogP) is 2.46. The van der Waals surface area contributed by atoms with Crippen molar-refractivity contribution in [1.29, 1.82) is 5.26 Å². The summed E-state index contributed by atoms with van der Waals surface area (Å²) >= 11 is 0. The van der Waals surface area contributed by atoms with Crippen LogP contribution in [0.25, 0.3) is 0 Å². The zero-order chi connectivity index (χ0) is 9.52. The summed E-state index contributed by atoms with van der Waals surface area (Å²) in [6, 6.07) is 2.67. The lowest BCUT2D eigenvalue weighted by molar-refractivity contribution is 0.305. The van der Waals surface area contributed by atoms with Crippen molar-refractivity contribution in [2.75, 3.05) is 7.05 Å². The Morgan fingerprint density at radius 2 is 2.08 bits per heavy atom. The SMILES string of the molecule is CNC(CC#N)CC1CCCCC1. The highest BCUT2D eigenvalue weighted by Crippen LogP contribution is 2.27. The van der Waals surface area contributed by atoms with Crippen molar-refractivity contribution >= 4 is 0 Å². The third-order valence-corrected chi connectivity index (χ3v) is 3.09. The molecule has 0 aliphatic heterocycles. The largest absolute Gasteiger partial charge is 0.316 e. The Morgan fingerprint density at radius 1 is 1.38 bits per heavy atom. The van der Waals surface area contributed by atoms with Crippen molar-refractivity contribution in [3.8, 4) is 6.07 Å². The summed E-state index contributed by atoms with van der Waals surface area (Å²) in [6.07, 6.45) is 8.82. The number of hydrogen-bond donors (Lipinski definition) is 1. The molecule has 0 saturated heterocycles. The minimum absolute atomic E-state index is 0.424. The molecule has 0 amide bonds. The second kappa shape index (κ2) is 5.99. The Bertz CT molecular complexity index is 165. The van der Waals surface area contributed by atoms with E-state index in [0.717, 1.165) is 5.92 Å². The third kappa shape index (κ3) is 3.78. The average molecular weight is 180 g/mol. The molecule has 74 valence electrons. The maximum Gasteiger partial charge on any atom is 0.0638 e. The Kier molecular flexibility index (Phi) is 4.85. The molecule has 0 aromatic heterocycles. The van der Waals surface area contributed by atoms with Gasteiger partial charge in [0.1, 0.15) is 0 Å². The lowest BCUT2D eigenvalue weighted by atomic mass is 9.84. The van der Waals surface area contributed by atoms with Gasteiger partial charge < -0.3 is 5.32 Å². The smallest absolute Gasteiger partial charge is 0.0638 e. The second-order valence-corrected chi connectivity index (χ2v) is 4.09. The quantitative estimate of drug-likeness (QED) is 0.721. The summed E-state index contributed by atoms with van der Waals surface area (Å²) in [4.78, 5) is 0. The Morgan fingerprint density at radius 3 is 2.62 bits per heavy atom. The van der Waals surface area contributed by atoms with Crippen LogP contribution in [-0.2, 0) is 0 Å². The molecule has 1 rings (SSSR count). The molecule has 0 aromatic rings. The summed E-state index contributed by atoms with van der Waals surface area (Å²) in [5.41, 5.74) is 0. The third-order valence-electron chi connectivity index (χ3n) is 3.09. The van der Waals surface area contributed by atoms with Gasteiger partial charge in [-0.2, -0.15) is 5.26 Å². The molecule has 0 bridgehead atoms. The van der Waals surface area contributed by atoms with Crippen molar-refractivity contribution in [3.63, 3.8) is 0 Å². The van der Waals surface area contributed by atoms with Gasteiger partial charge in [0.2, 0.25) is 0 Å². The van der Waals surface area contributed by atoms with Crippen LogP contribution in [0, 0.1) is 17.2 Å². The van der Waals surface area contributed by atoms with Crippen LogP contribution in [0.3, 0.4) is 0 Å². The molecule has 1 aliphatic carbocycles. The maximum atomic E-state index is 8.61. The van der Waals surface area contributed by atoms with Crippen LogP contribution in [0.15, 0.2) is 0 Å². The minimum Gasteiger partial charge on any atom is -0.316 e. The number of hydrogen-bond acceptors (Lipinski definition) is 2. The van der Waals surface area contributed by atoms with Gasteiger partial charge in [-0.3, -0.25) is 0 Å². The number of nitrogens with zero attached hydrogens (tertiary/aromatic N) is 1. The standard InChI is InChI=1S/C11H20N2/c1-13-11(7-8-12)9-10-5-3-2-4-6-10/h10-11,13H,2-7,9H2,1H3. The molecule has 0 spiro atoms. The number of nitriles is 1. The molecular formula is C11H20N2. The molecule has 1 unspecified atom stereocenters. The molecule has 2 heteroatoms. The Hall–Kier alpha value is -0.550. The van der Waals surface area contributed by atoms with Crippen LogP contribution in [0.5, 0.6) is 0 Å². The summed E-state index contributed by atoms with van der Waals surface area (Å²) in [5.74, 6) is 0.875. The second-order valence-electron chi connectivity index (χ2n) is 4.09. The zero-order valence-electron chi connectivity index (χ0n) is 8.55. The van der Waals surface area contributed by atoms with E-state index in [1.54, 1.807) is 0 Å². The molecule has 13 heavy (non-hydrogen) atoms. The lowest BCUT2D eigenvalue weighted by Crippen LogP contribution is -2.28. The van der Waals surface area contributed by atoms with E-state index in [1.165, 1.54) is 38.5 Å². The molecule has 0 aromatic carbocycles. The maximum absolute atomic E-state index is 8.61. The first-order valence-corrected chi connectivity index (χ1v) is 5.41. The molecule has 0 heterocycles. The molecule has 1 N–H and O–H groups in total. The number of rotatable bonds is 4. The molecule has 0 radical (unpaired) electrons. The first-order chi connectivity index (χ1) is 6.36. The van der Waals surface area contributed by atoms with Crippen LogP contribution in [0.2, 0.25) is 0 Å². The van der Waals surface area contributed by atoms with Crippen molar-refractivity contribution in [2.24, 2.45) is 5.92 Å². The van der Waals surface area contributed by atoms with Crippen LogP contribution in [0.4, 0.5) is 0 Å². The van der Waals surface area contributed by atoms with Gasteiger partial charge in [0.25, 0.3) is 0 Å². The van der Waals surface area contributed by atoms with Crippen molar-refractivity contribution in [2.45, 2.75) is 51.0 Å². The van der Waals surface area contributed by atoms with Crippen molar-refractivity contribution in [3.05, 3.63) is 0 Å². The molecule has 1 saturated carbocycles. The van der Waals surface area contributed by atoms with Gasteiger partial charge in [-0.05, 0) is 19.4 Å².